The van der Waals surface area contributed by atoms with Crippen LogP contribution in [0.25, 0.3) is 22.1 Å². The summed E-state index contributed by atoms with van der Waals surface area (Å²) in [5.41, 5.74) is 3.02. The molecule has 1 aromatic carbocycles. The first-order valence-corrected chi connectivity index (χ1v) is 4.74. The Morgan fingerprint density at radius 3 is 2.53 bits per heavy atom. The highest BCUT2D eigenvalue weighted by Crippen LogP contribution is 2.19. The van der Waals surface area contributed by atoms with Gasteiger partial charge >= 0.3 is 0 Å². The van der Waals surface area contributed by atoms with Gasteiger partial charge in [-0.2, -0.15) is 0 Å². The summed E-state index contributed by atoms with van der Waals surface area (Å²) in [5.74, 6) is 0. The Morgan fingerprint density at radius 1 is 0.867 bits per heavy atom. The molecule has 0 aliphatic heterocycles. The second kappa shape index (κ2) is 3.10. The van der Waals surface area contributed by atoms with Crippen molar-refractivity contribution >= 4 is 33.7 Å². The summed E-state index contributed by atoms with van der Waals surface area (Å²) in [6.45, 7) is 0. The van der Waals surface area contributed by atoms with Crippen molar-refractivity contribution in [2.45, 2.75) is 0 Å². The fraction of sp³-hybridized carbons (Fsp3) is 0. The van der Waals surface area contributed by atoms with E-state index in [1.54, 1.807) is 12.4 Å². The third kappa shape index (κ3) is 1.30. The largest absolute Gasteiger partial charge is 0.253 e. The molecular formula is C10H5ClN4. The molecule has 0 saturated carbocycles. The van der Waals surface area contributed by atoms with Crippen LogP contribution in [0.4, 0.5) is 0 Å². The molecule has 2 aromatic heterocycles. The summed E-state index contributed by atoms with van der Waals surface area (Å²) in [6, 6.07) is 3.70. The summed E-state index contributed by atoms with van der Waals surface area (Å²) in [6.07, 6.45) is 4.80. The van der Waals surface area contributed by atoms with Crippen LogP contribution >= 0.6 is 11.6 Å². The predicted octanol–water partition coefficient (Wildman–Crippen LogP) is 2.23. The first kappa shape index (κ1) is 8.49. The second-order valence-electron chi connectivity index (χ2n) is 3.05. The zero-order valence-corrected chi connectivity index (χ0v) is 8.31. The molecule has 0 aliphatic carbocycles. The van der Waals surface area contributed by atoms with E-state index in [0.29, 0.717) is 5.15 Å². The lowest BCUT2D eigenvalue weighted by atomic mass is 10.2. The molecule has 3 aromatic rings. The molecule has 0 unspecified atom stereocenters. The van der Waals surface area contributed by atoms with Gasteiger partial charge in [0.1, 0.15) is 16.2 Å². The molecule has 3 rings (SSSR count). The van der Waals surface area contributed by atoms with Gasteiger partial charge in [0.25, 0.3) is 0 Å². The maximum absolute atomic E-state index is 5.76. The maximum Gasteiger partial charge on any atom is 0.148 e. The summed E-state index contributed by atoms with van der Waals surface area (Å²) in [7, 11) is 0. The predicted molar refractivity (Wildman–Crippen MR) is 57.6 cm³/mol. The van der Waals surface area contributed by atoms with Crippen molar-refractivity contribution in [3.63, 3.8) is 0 Å². The van der Waals surface area contributed by atoms with Gasteiger partial charge in [0, 0.05) is 12.4 Å². The third-order valence-corrected chi connectivity index (χ3v) is 2.30. The van der Waals surface area contributed by atoms with Gasteiger partial charge in [-0.25, -0.2) is 9.97 Å². The topological polar surface area (TPSA) is 51.6 Å². The average molecular weight is 217 g/mol. The van der Waals surface area contributed by atoms with E-state index in [2.05, 4.69) is 19.9 Å². The van der Waals surface area contributed by atoms with Crippen molar-refractivity contribution < 1.29 is 0 Å². The van der Waals surface area contributed by atoms with E-state index >= 15 is 0 Å². The Morgan fingerprint density at radius 2 is 1.60 bits per heavy atom. The SMILES string of the molecule is Clc1cnc2c(ccc3nccnc32)n1. The number of nitrogens with zero attached hydrogens (tertiary/aromatic N) is 4. The van der Waals surface area contributed by atoms with Gasteiger partial charge in [-0.1, -0.05) is 11.6 Å². The van der Waals surface area contributed by atoms with Crippen molar-refractivity contribution in [2.24, 2.45) is 0 Å². The van der Waals surface area contributed by atoms with Crippen LogP contribution in [0, 0.1) is 0 Å². The Labute approximate surface area is 90.0 Å². The van der Waals surface area contributed by atoms with Crippen molar-refractivity contribution in [3.05, 3.63) is 35.9 Å². The van der Waals surface area contributed by atoms with Crippen LogP contribution in [0.3, 0.4) is 0 Å². The number of fused-ring (bicyclic) bond motifs is 3. The lowest BCUT2D eigenvalue weighted by Gasteiger charge is -2.00. The standard InChI is InChI=1S/C10H5ClN4/c11-8-5-14-10-7(15-8)2-1-6-9(10)13-4-3-12-6/h1-5H. The molecule has 0 N–H and O–H groups in total. The molecule has 0 spiro atoms. The smallest absolute Gasteiger partial charge is 0.148 e. The second-order valence-corrected chi connectivity index (χ2v) is 3.44. The van der Waals surface area contributed by atoms with Crippen molar-refractivity contribution in [3.8, 4) is 0 Å². The molecule has 5 heteroatoms. The van der Waals surface area contributed by atoms with Gasteiger partial charge in [-0.3, -0.25) is 9.97 Å². The Bertz CT molecular complexity index is 653. The molecule has 72 valence electrons. The van der Waals surface area contributed by atoms with Gasteiger partial charge < -0.3 is 0 Å². The Kier molecular flexibility index (Phi) is 1.76. The van der Waals surface area contributed by atoms with Crippen LogP contribution in [0.1, 0.15) is 0 Å². The number of aromatic nitrogens is 4. The van der Waals surface area contributed by atoms with Crippen LogP contribution in [-0.4, -0.2) is 19.9 Å². The average Bonchev–Trinajstić information content (AvgIpc) is 2.28. The molecule has 0 bridgehead atoms. The summed E-state index contributed by atoms with van der Waals surface area (Å²) >= 11 is 5.76. The maximum atomic E-state index is 5.76. The zero-order valence-electron chi connectivity index (χ0n) is 7.55. The summed E-state index contributed by atoms with van der Waals surface area (Å²) < 4.78 is 0. The van der Waals surface area contributed by atoms with Crippen LogP contribution in [-0.2, 0) is 0 Å². The molecule has 2 heterocycles. The van der Waals surface area contributed by atoms with Gasteiger partial charge in [0.05, 0.1) is 17.2 Å². The molecular weight excluding hydrogens is 212 g/mol. The number of hydrogen-bond acceptors (Lipinski definition) is 4. The molecule has 0 radical (unpaired) electrons. The molecule has 0 fully saturated rings. The number of benzene rings is 1. The highest BCUT2D eigenvalue weighted by atomic mass is 35.5. The lowest BCUT2D eigenvalue weighted by Crippen LogP contribution is -1.89. The van der Waals surface area contributed by atoms with Gasteiger partial charge in [-0.15, -0.1) is 0 Å². The van der Waals surface area contributed by atoms with Crippen LogP contribution in [0.5, 0.6) is 0 Å². The highest BCUT2D eigenvalue weighted by molar-refractivity contribution is 6.29. The van der Waals surface area contributed by atoms with Gasteiger partial charge in [0.2, 0.25) is 0 Å². The fourth-order valence-corrected chi connectivity index (χ4v) is 1.63. The molecule has 0 aliphatic rings. The van der Waals surface area contributed by atoms with E-state index < -0.39 is 0 Å². The highest BCUT2D eigenvalue weighted by Gasteiger charge is 2.04. The summed E-state index contributed by atoms with van der Waals surface area (Å²) in [5, 5.41) is 0.380. The van der Waals surface area contributed by atoms with Gasteiger partial charge in [-0.05, 0) is 12.1 Å². The minimum absolute atomic E-state index is 0.380. The van der Waals surface area contributed by atoms with Crippen LogP contribution in [0.15, 0.2) is 30.7 Å². The Hall–Kier alpha value is -1.81. The fourth-order valence-electron chi connectivity index (χ4n) is 1.49. The van der Waals surface area contributed by atoms with Crippen molar-refractivity contribution in [1.82, 2.24) is 19.9 Å². The quantitative estimate of drug-likeness (QED) is 0.541. The third-order valence-electron chi connectivity index (χ3n) is 2.12. The van der Waals surface area contributed by atoms with Crippen molar-refractivity contribution in [2.75, 3.05) is 0 Å². The molecule has 0 amide bonds. The van der Waals surface area contributed by atoms with Crippen LogP contribution in [0.2, 0.25) is 5.15 Å². The first-order chi connectivity index (χ1) is 7.34. The van der Waals surface area contributed by atoms with Crippen LogP contribution < -0.4 is 0 Å². The number of rotatable bonds is 0. The van der Waals surface area contributed by atoms with E-state index in [1.165, 1.54) is 6.20 Å². The number of halogens is 1. The minimum atomic E-state index is 0.380. The summed E-state index contributed by atoms with van der Waals surface area (Å²) in [4.78, 5) is 16.8. The monoisotopic (exact) mass is 216 g/mol. The van der Waals surface area contributed by atoms with Crippen molar-refractivity contribution in [1.29, 1.82) is 0 Å². The lowest BCUT2D eigenvalue weighted by molar-refractivity contribution is 1.26. The molecule has 0 atom stereocenters. The van der Waals surface area contributed by atoms with E-state index in [0.717, 1.165) is 22.1 Å². The van der Waals surface area contributed by atoms with E-state index in [1.807, 2.05) is 12.1 Å². The normalized spacial score (nSPS) is 11.0. The Balaban J connectivity index is 2.55. The zero-order chi connectivity index (χ0) is 10.3. The van der Waals surface area contributed by atoms with Gasteiger partial charge in [0.15, 0.2) is 0 Å². The van der Waals surface area contributed by atoms with E-state index in [-0.39, 0.29) is 0 Å². The number of hydrogen-bond donors (Lipinski definition) is 0. The minimum Gasteiger partial charge on any atom is -0.253 e. The molecule has 4 nitrogen and oxygen atoms in total. The van der Waals surface area contributed by atoms with E-state index in [4.69, 9.17) is 11.6 Å². The van der Waals surface area contributed by atoms with E-state index in [9.17, 15) is 0 Å². The molecule has 15 heavy (non-hydrogen) atoms. The first-order valence-electron chi connectivity index (χ1n) is 4.36. The molecule has 0 saturated heterocycles.